The number of carbonyl (C=O) groups is 1. The van der Waals surface area contributed by atoms with Crippen LogP contribution in [-0.4, -0.2) is 43.4 Å². The zero-order chi connectivity index (χ0) is 32.8. The Hall–Kier alpha value is -4.05. The number of non-ortho nitro benzene ring substituents is 1. The molecule has 2 bridgehead atoms. The number of hydrogen-bond acceptors (Lipinski definition) is 9. The molecule has 0 aliphatic carbocycles. The molecule has 1 aromatic carbocycles. The van der Waals surface area contributed by atoms with Crippen molar-refractivity contribution in [3.8, 4) is 11.8 Å². The number of rotatable bonds is 12. The molecule has 12 heteroatoms. The summed E-state index contributed by atoms with van der Waals surface area (Å²) in [5.41, 5.74) is 0.589. The number of nitro benzene ring substituents is 2. The number of fused-ring (bicyclic) bond motifs is 2. The van der Waals surface area contributed by atoms with E-state index in [1.165, 1.54) is 0 Å². The highest BCUT2D eigenvalue weighted by molar-refractivity contribution is 6.76. The molecule has 4 atom stereocenters. The van der Waals surface area contributed by atoms with Crippen LogP contribution in [0.2, 0.25) is 25.7 Å². The van der Waals surface area contributed by atoms with Crippen LogP contribution in [0.4, 0.5) is 11.4 Å². The third-order valence-electron chi connectivity index (χ3n) is 7.37. The van der Waals surface area contributed by atoms with Gasteiger partial charge in [-0.3, -0.25) is 20.2 Å². The third-order valence-corrected chi connectivity index (χ3v) is 9.07. The quantitative estimate of drug-likeness (QED) is 0.0340. The van der Waals surface area contributed by atoms with Crippen molar-refractivity contribution in [3.05, 3.63) is 91.4 Å². The summed E-state index contributed by atoms with van der Waals surface area (Å²) in [5.74, 6) is 5.22. The summed E-state index contributed by atoms with van der Waals surface area (Å²) < 4.78 is 24.3. The normalized spacial score (nSPS) is 20.0. The predicted molar refractivity (Wildman–Crippen MR) is 168 cm³/mol. The lowest BCUT2D eigenvalue weighted by Gasteiger charge is -2.27. The van der Waals surface area contributed by atoms with E-state index < -0.39 is 59.0 Å². The van der Waals surface area contributed by atoms with E-state index in [9.17, 15) is 25.0 Å². The lowest BCUT2D eigenvalue weighted by molar-refractivity contribution is -0.394. The summed E-state index contributed by atoms with van der Waals surface area (Å²) in [6.07, 6.45) is -0.626. The Morgan fingerprint density at radius 3 is 2.41 bits per heavy atom. The van der Waals surface area contributed by atoms with E-state index in [1.54, 1.807) is 6.92 Å². The van der Waals surface area contributed by atoms with Crippen LogP contribution in [0.15, 0.2) is 53.0 Å². The average Bonchev–Trinajstić information content (AvgIpc) is 3.28. The fraction of sp³-hybridized carbons (Fsp3) is 0.469. The lowest BCUT2D eigenvalue weighted by atomic mass is 9.87. The molecular formula is C32H40N2O9Si. The van der Waals surface area contributed by atoms with Crippen LogP contribution in [-0.2, 0) is 14.2 Å². The molecule has 0 amide bonds. The van der Waals surface area contributed by atoms with Gasteiger partial charge in [-0.25, -0.2) is 4.79 Å². The van der Waals surface area contributed by atoms with Crippen molar-refractivity contribution in [2.24, 2.45) is 5.92 Å². The summed E-state index contributed by atoms with van der Waals surface area (Å²) in [5, 5.41) is 22.8. The van der Waals surface area contributed by atoms with Crippen molar-refractivity contribution < 1.29 is 33.3 Å². The molecule has 3 rings (SSSR count). The van der Waals surface area contributed by atoms with E-state index in [0.29, 0.717) is 36.5 Å². The van der Waals surface area contributed by atoms with Crippen molar-refractivity contribution in [1.29, 1.82) is 0 Å². The highest BCUT2D eigenvalue weighted by atomic mass is 28.3. The Balaban J connectivity index is 1.99. The van der Waals surface area contributed by atoms with Crippen molar-refractivity contribution in [2.45, 2.75) is 77.4 Å². The van der Waals surface area contributed by atoms with Crippen LogP contribution >= 0.6 is 0 Å². The van der Waals surface area contributed by atoms with Crippen LogP contribution in [0.25, 0.3) is 0 Å². The van der Waals surface area contributed by atoms with E-state index >= 15 is 0 Å². The molecule has 0 radical (unpaired) electrons. The van der Waals surface area contributed by atoms with Gasteiger partial charge in [-0.05, 0) is 50.9 Å². The van der Waals surface area contributed by atoms with Crippen LogP contribution in [0.5, 0.6) is 0 Å². The first-order valence-electron chi connectivity index (χ1n) is 14.3. The van der Waals surface area contributed by atoms with Gasteiger partial charge in [0, 0.05) is 33.1 Å². The molecule has 2 aromatic rings. The van der Waals surface area contributed by atoms with E-state index in [4.69, 9.17) is 18.6 Å². The second-order valence-corrected chi connectivity index (χ2v) is 17.9. The molecule has 1 aliphatic rings. The van der Waals surface area contributed by atoms with Crippen LogP contribution in [0, 0.1) is 44.9 Å². The molecule has 44 heavy (non-hydrogen) atoms. The first-order chi connectivity index (χ1) is 20.6. The second-order valence-electron chi connectivity index (χ2n) is 12.3. The molecule has 0 unspecified atom stereocenters. The Morgan fingerprint density at radius 2 is 1.82 bits per heavy atom. The SMILES string of the molecule is C=C(C)[C@@H]1CCC#C[C@@H](OC(=O)c2ccc([N+](=O)[O-])cc2[N+](=O)[O-])[C@@H](C(=C)C)c2cc(C)c(o2)[C@@H]1OCOCC[Si](C)(C)C. The first-order valence-corrected chi connectivity index (χ1v) is 18.0. The molecule has 0 saturated heterocycles. The Morgan fingerprint density at radius 1 is 1.11 bits per heavy atom. The standard InChI is InChI=1S/C32H40N2O9Si/c1-20(2)24-11-9-10-12-27(43-32(35)25-14-13-23(33(36)37)18-26(25)34(38)39)29(21(3)4)28-17-22(5)30(42-28)31(24)41-19-40-15-16-44(6,7)8/h13-14,17-18,24,27,29,31H,1,3,9,11,15-16,19H2,2,4-8H3/t24-,27+,29+,31+/m0/s1. The fourth-order valence-electron chi connectivity index (χ4n) is 4.91. The van der Waals surface area contributed by atoms with Gasteiger partial charge in [-0.15, -0.1) is 0 Å². The summed E-state index contributed by atoms with van der Waals surface area (Å²) in [4.78, 5) is 34.5. The first kappa shape index (κ1) is 34.4. The second kappa shape index (κ2) is 14.6. The van der Waals surface area contributed by atoms with E-state index in [-0.39, 0.29) is 12.7 Å². The molecular weight excluding hydrogens is 584 g/mol. The molecule has 236 valence electrons. The molecule has 0 spiro atoms. The molecule has 0 saturated carbocycles. The van der Waals surface area contributed by atoms with Gasteiger partial charge in [0.25, 0.3) is 11.4 Å². The largest absolute Gasteiger partial charge is 0.462 e. The minimum absolute atomic E-state index is 0.0816. The summed E-state index contributed by atoms with van der Waals surface area (Å²) >= 11 is 0. The average molecular weight is 625 g/mol. The monoisotopic (exact) mass is 624 g/mol. The Bertz CT molecular complexity index is 1500. The molecule has 0 N–H and O–H groups in total. The predicted octanol–water partition coefficient (Wildman–Crippen LogP) is 7.65. The topological polar surface area (TPSA) is 144 Å². The van der Waals surface area contributed by atoms with Gasteiger partial charge in [-0.2, -0.15) is 0 Å². The highest BCUT2D eigenvalue weighted by Gasteiger charge is 2.36. The van der Waals surface area contributed by atoms with Crippen molar-refractivity contribution in [2.75, 3.05) is 13.4 Å². The van der Waals surface area contributed by atoms with Gasteiger partial charge in [0.1, 0.15) is 30.0 Å². The van der Waals surface area contributed by atoms with Crippen molar-refractivity contribution >= 4 is 25.4 Å². The van der Waals surface area contributed by atoms with Crippen LogP contribution in [0.3, 0.4) is 0 Å². The fourth-order valence-corrected chi connectivity index (χ4v) is 5.67. The number of hydrogen-bond donors (Lipinski definition) is 0. The van der Waals surface area contributed by atoms with E-state index in [2.05, 4.69) is 44.6 Å². The highest BCUT2D eigenvalue weighted by Crippen LogP contribution is 2.41. The molecule has 11 nitrogen and oxygen atoms in total. The number of aryl methyl sites for hydroxylation is 1. The van der Waals surface area contributed by atoms with Gasteiger partial charge in [0.2, 0.25) is 0 Å². The molecule has 1 aliphatic heterocycles. The van der Waals surface area contributed by atoms with Gasteiger partial charge < -0.3 is 18.6 Å². The number of ether oxygens (including phenoxy) is 3. The van der Waals surface area contributed by atoms with Crippen molar-refractivity contribution in [3.63, 3.8) is 0 Å². The smallest absolute Gasteiger partial charge is 0.346 e. The molecule has 0 fully saturated rings. The van der Waals surface area contributed by atoms with E-state index in [0.717, 1.165) is 35.4 Å². The maximum Gasteiger partial charge on any atom is 0.346 e. The van der Waals surface area contributed by atoms with E-state index in [1.807, 2.05) is 19.9 Å². The minimum atomic E-state index is -1.27. The van der Waals surface area contributed by atoms with Gasteiger partial charge in [0.05, 0.1) is 21.8 Å². The van der Waals surface area contributed by atoms with Gasteiger partial charge in [-0.1, -0.05) is 55.8 Å². The zero-order valence-electron chi connectivity index (χ0n) is 26.1. The van der Waals surface area contributed by atoms with Crippen LogP contribution in [0.1, 0.15) is 66.2 Å². The molecule has 1 aromatic heterocycles. The van der Waals surface area contributed by atoms with Crippen molar-refractivity contribution in [1.82, 2.24) is 0 Å². The Labute approximate surface area is 258 Å². The van der Waals surface area contributed by atoms with Gasteiger partial charge >= 0.3 is 5.97 Å². The summed E-state index contributed by atoms with van der Waals surface area (Å²) in [6.45, 7) is 21.4. The Kier molecular flexibility index (Phi) is 11.4. The summed E-state index contributed by atoms with van der Waals surface area (Å²) in [7, 11) is -1.27. The maximum absolute atomic E-state index is 13.3. The van der Waals surface area contributed by atoms with Crippen LogP contribution < -0.4 is 0 Å². The number of furan rings is 1. The number of benzene rings is 1. The zero-order valence-corrected chi connectivity index (χ0v) is 27.1. The molecule has 2 heterocycles. The minimum Gasteiger partial charge on any atom is -0.462 e. The van der Waals surface area contributed by atoms with Gasteiger partial charge in [0.15, 0.2) is 6.10 Å². The lowest BCUT2D eigenvalue weighted by Crippen LogP contribution is -2.25. The maximum atomic E-state index is 13.3. The number of esters is 1. The third kappa shape index (κ3) is 8.75. The summed E-state index contributed by atoms with van der Waals surface area (Å²) in [6, 6.07) is 5.58. The number of nitrogens with zero attached hydrogens (tertiary/aromatic N) is 2. The number of carbonyl (C=O) groups excluding carboxylic acids is 1. The number of nitro groups is 2.